The Morgan fingerprint density at radius 2 is 1.47 bits per heavy atom. The van der Waals surface area contributed by atoms with Crippen LogP contribution in [0.1, 0.15) is 50.3 Å². The standard InChI is InChI=1S/C16H27N/c1-11(2)7-8-15(6)17-16-13(4)9-12(3)10-14(16)5/h9-11,15,17H,7-8H2,1-6H3. The van der Waals surface area contributed by atoms with Gasteiger partial charge in [0.2, 0.25) is 0 Å². The number of aryl methyl sites for hydroxylation is 3. The van der Waals surface area contributed by atoms with Crippen molar-refractivity contribution in [1.29, 1.82) is 0 Å². The van der Waals surface area contributed by atoms with E-state index in [-0.39, 0.29) is 0 Å². The predicted molar refractivity (Wildman–Crippen MR) is 77.8 cm³/mol. The van der Waals surface area contributed by atoms with Crippen LogP contribution in [-0.4, -0.2) is 6.04 Å². The smallest absolute Gasteiger partial charge is 0.0401 e. The van der Waals surface area contributed by atoms with Crippen LogP contribution in [-0.2, 0) is 0 Å². The van der Waals surface area contributed by atoms with Crippen molar-refractivity contribution >= 4 is 5.69 Å². The molecule has 0 radical (unpaired) electrons. The average Bonchev–Trinajstić information content (AvgIpc) is 2.20. The van der Waals surface area contributed by atoms with Gasteiger partial charge in [0.05, 0.1) is 0 Å². The summed E-state index contributed by atoms with van der Waals surface area (Å²) in [5.41, 5.74) is 5.39. The van der Waals surface area contributed by atoms with Gasteiger partial charge in [-0.1, -0.05) is 31.5 Å². The van der Waals surface area contributed by atoms with Crippen molar-refractivity contribution < 1.29 is 0 Å². The topological polar surface area (TPSA) is 12.0 Å². The van der Waals surface area contributed by atoms with Crippen LogP contribution >= 0.6 is 0 Å². The molecule has 0 amide bonds. The minimum Gasteiger partial charge on any atom is -0.382 e. The highest BCUT2D eigenvalue weighted by atomic mass is 14.9. The summed E-state index contributed by atoms with van der Waals surface area (Å²) in [5.74, 6) is 0.791. The van der Waals surface area contributed by atoms with Gasteiger partial charge in [0, 0.05) is 11.7 Å². The second-order valence-corrected chi connectivity index (χ2v) is 5.79. The third-order valence-corrected chi connectivity index (χ3v) is 3.24. The molecule has 0 saturated carbocycles. The van der Waals surface area contributed by atoms with Gasteiger partial charge in [0.1, 0.15) is 0 Å². The van der Waals surface area contributed by atoms with Crippen molar-refractivity contribution in [3.63, 3.8) is 0 Å². The summed E-state index contributed by atoms with van der Waals surface area (Å²) < 4.78 is 0. The highest BCUT2D eigenvalue weighted by Crippen LogP contribution is 2.23. The number of nitrogens with one attached hydrogen (secondary N) is 1. The van der Waals surface area contributed by atoms with E-state index in [1.807, 2.05) is 0 Å². The SMILES string of the molecule is Cc1cc(C)c(NC(C)CCC(C)C)c(C)c1. The average molecular weight is 233 g/mol. The molecule has 0 aliphatic rings. The van der Waals surface area contributed by atoms with Gasteiger partial charge in [0.25, 0.3) is 0 Å². The summed E-state index contributed by atoms with van der Waals surface area (Å²) in [5, 5.41) is 3.66. The van der Waals surface area contributed by atoms with E-state index in [1.54, 1.807) is 0 Å². The number of rotatable bonds is 5. The maximum Gasteiger partial charge on any atom is 0.0401 e. The van der Waals surface area contributed by atoms with Crippen LogP contribution in [0.5, 0.6) is 0 Å². The molecule has 1 aromatic carbocycles. The molecule has 1 unspecified atom stereocenters. The first-order chi connectivity index (χ1) is 7.90. The molecule has 96 valence electrons. The van der Waals surface area contributed by atoms with Crippen molar-refractivity contribution in [3.05, 3.63) is 28.8 Å². The van der Waals surface area contributed by atoms with Crippen molar-refractivity contribution in [3.8, 4) is 0 Å². The zero-order chi connectivity index (χ0) is 13.0. The molecule has 0 fully saturated rings. The molecule has 1 N–H and O–H groups in total. The van der Waals surface area contributed by atoms with Gasteiger partial charge < -0.3 is 5.32 Å². The van der Waals surface area contributed by atoms with Crippen molar-refractivity contribution in [2.75, 3.05) is 5.32 Å². The van der Waals surface area contributed by atoms with Gasteiger partial charge in [-0.25, -0.2) is 0 Å². The fraction of sp³-hybridized carbons (Fsp3) is 0.625. The van der Waals surface area contributed by atoms with E-state index in [2.05, 4.69) is 59.0 Å². The van der Waals surface area contributed by atoms with Crippen LogP contribution < -0.4 is 5.32 Å². The summed E-state index contributed by atoms with van der Waals surface area (Å²) in [6, 6.07) is 5.06. The molecule has 1 aromatic rings. The Morgan fingerprint density at radius 1 is 0.941 bits per heavy atom. The van der Waals surface area contributed by atoms with Crippen LogP contribution in [0.25, 0.3) is 0 Å². The fourth-order valence-electron chi connectivity index (χ4n) is 2.31. The normalized spacial score (nSPS) is 12.9. The lowest BCUT2D eigenvalue weighted by Gasteiger charge is -2.20. The second kappa shape index (κ2) is 6.09. The van der Waals surface area contributed by atoms with Gasteiger partial charge in [-0.15, -0.1) is 0 Å². The first-order valence-corrected chi connectivity index (χ1v) is 6.74. The number of hydrogen-bond acceptors (Lipinski definition) is 1. The van der Waals surface area contributed by atoms with Gasteiger partial charge in [-0.2, -0.15) is 0 Å². The van der Waals surface area contributed by atoms with Crippen molar-refractivity contribution in [2.45, 2.75) is 60.4 Å². The van der Waals surface area contributed by atoms with E-state index in [1.165, 1.54) is 35.2 Å². The second-order valence-electron chi connectivity index (χ2n) is 5.79. The van der Waals surface area contributed by atoms with Gasteiger partial charge in [-0.3, -0.25) is 0 Å². The first kappa shape index (κ1) is 14.1. The van der Waals surface area contributed by atoms with E-state index in [0.717, 1.165) is 5.92 Å². The minimum absolute atomic E-state index is 0.553. The lowest BCUT2D eigenvalue weighted by atomic mass is 10.0. The van der Waals surface area contributed by atoms with E-state index in [0.29, 0.717) is 6.04 Å². The van der Waals surface area contributed by atoms with Crippen LogP contribution in [0.15, 0.2) is 12.1 Å². The largest absolute Gasteiger partial charge is 0.382 e. The Labute approximate surface area is 107 Å². The molecule has 0 aliphatic carbocycles. The summed E-state index contributed by atoms with van der Waals surface area (Å²) in [6.07, 6.45) is 2.53. The van der Waals surface area contributed by atoms with E-state index in [9.17, 15) is 0 Å². The fourth-order valence-corrected chi connectivity index (χ4v) is 2.31. The first-order valence-electron chi connectivity index (χ1n) is 6.74. The summed E-state index contributed by atoms with van der Waals surface area (Å²) in [6.45, 7) is 13.4. The molecule has 0 aliphatic heterocycles. The molecule has 0 spiro atoms. The highest BCUT2D eigenvalue weighted by molar-refractivity contribution is 5.58. The van der Waals surface area contributed by atoms with Gasteiger partial charge in [-0.05, 0) is 57.6 Å². The lowest BCUT2D eigenvalue weighted by molar-refractivity contribution is 0.527. The van der Waals surface area contributed by atoms with Gasteiger partial charge >= 0.3 is 0 Å². The van der Waals surface area contributed by atoms with Crippen molar-refractivity contribution in [1.82, 2.24) is 0 Å². The Morgan fingerprint density at radius 3 is 1.94 bits per heavy atom. The Bertz CT molecular complexity index is 343. The molecule has 1 atom stereocenters. The van der Waals surface area contributed by atoms with Crippen LogP contribution in [0.2, 0.25) is 0 Å². The summed E-state index contributed by atoms with van der Waals surface area (Å²) in [4.78, 5) is 0. The summed E-state index contributed by atoms with van der Waals surface area (Å²) in [7, 11) is 0. The third kappa shape index (κ3) is 4.41. The summed E-state index contributed by atoms with van der Waals surface area (Å²) >= 11 is 0. The zero-order valence-corrected chi connectivity index (χ0v) is 12.2. The molecule has 0 saturated heterocycles. The molecule has 1 heteroatoms. The van der Waals surface area contributed by atoms with E-state index < -0.39 is 0 Å². The molecule has 0 heterocycles. The number of anilines is 1. The molecular formula is C16H27N. The predicted octanol–water partition coefficient (Wildman–Crippen LogP) is 4.85. The van der Waals surface area contributed by atoms with Crippen LogP contribution in [0, 0.1) is 26.7 Å². The minimum atomic E-state index is 0.553. The lowest BCUT2D eigenvalue weighted by Crippen LogP contribution is -2.17. The van der Waals surface area contributed by atoms with E-state index >= 15 is 0 Å². The maximum atomic E-state index is 3.66. The number of benzene rings is 1. The molecular weight excluding hydrogens is 206 g/mol. The quantitative estimate of drug-likeness (QED) is 0.766. The zero-order valence-electron chi connectivity index (χ0n) is 12.2. The molecule has 0 aromatic heterocycles. The highest BCUT2D eigenvalue weighted by Gasteiger charge is 2.08. The molecule has 1 rings (SSSR count). The Kier molecular flexibility index (Phi) is 5.04. The monoisotopic (exact) mass is 233 g/mol. The van der Waals surface area contributed by atoms with Crippen LogP contribution in [0.3, 0.4) is 0 Å². The van der Waals surface area contributed by atoms with Gasteiger partial charge in [0.15, 0.2) is 0 Å². The maximum absolute atomic E-state index is 3.66. The molecule has 0 bridgehead atoms. The Balaban J connectivity index is 2.68. The molecule has 1 nitrogen and oxygen atoms in total. The molecule has 17 heavy (non-hydrogen) atoms. The third-order valence-electron chi connectivity index (χ3n) is 3.24. The van der Waals surface area contributed by atoms with E-state index in [4.69, 9.17) is 0 Å². The Hall–Kier alpha value is -0.980. The van der Waals surface area contributed by atoms with Crippen molar-refractivity contribution in [2.24, 2.45) is 5.92 Å². The van der Waals surface area contributed by atoms with Crippen LogP contribution in [0.4, 0.5) is 5.69 Å². The number of hydrogen-bond donors (Lipinski definition) is 1.